The molecule has 1 amide bonds. The van der Waals surface area contributed by atoms with Crippen molar-refractivity contribution in [1.82, 2.24) is 20.3 Å². The summed E-state index contributed by atoms with van der Waals surface area (Å²) in [6.07, 6.45) is 3.31. The zero-order valence-corrected chi connectivity index (χ0v) is 12.2. The number of benzene rings is 1. The second-order valence-corrected chi connectivity index (χ2v) is 5.80. The Kier molecular flexibility index (Phi) is 4.03. The van der Waals surface area contributed by atoms with Crippen molar-refractivity contribution in [2.75, 3.05) is 0 Å². The van der Waals surface area contributed by atoms with Crippen LogP contribution in [0.4, 0.5) is 0 Å². The summed E-state index contributed by atoms with van der Waals surface area (Å²) in [4.78, 5) is 12.2. The lowest BCUT2D eigenvalue weighted by atomic mass is 9.87. The fraction of sp³-hybridized carbons (Fsp3) is 0.333. The fourth-order valence-corrected chi connectivity index (χ4v) is 1.77. The van der Waals surface area contributed by atoms with E-state index in [-0.39, 0.29) is 11.3 Å². The molecule has 0 aliphatic heterocycles. The highest BCUT2D eigenvalue weighted by molar-refractivity contribution is 5.94. The molecule has 1 atom stereocenters. The zero-order chi connectivity index (χ0) is 15.5. The average molecular weight is 283 g/mol. The van der Waals surface area contributed by atoms with Gasteiger partial charge in [-0.05, 0) is 29.7 Å². The first kappa shape index (κ1) is 14.7. The van der Waals surface area contributed by atoms with E-state index in [1.54, 1.807) is 41.3 Å². The van der Waals surface area contributed by atoms with Gasteiger partial charge in [0, 0.05) is 5.56 Å². The summed E-state index contributed by atoms with van der Waals surface area (Å²) in [5, 5.41) is 19.5. The number of rotatable bonds is 3. The summed E-state index contributed by atoms with van der Waals surface area (Å²) in [5.41, 5.74) is 1.01. The number of nitrogens with one attached hydrogen (secondary N) is 1. The van der Waals surface area contributed by atoms with Crippen molar-refractivity contribution >= 4 is 5.91 Å². The third-order valence-corrected chi connectivity index (χ3v) is 3.09. The molecule has 0 spiro atoms. The standard InChI is InChI=1S/C15H17N5O/c1-15(2,3)13(10-16)18-14(21)11-4-6-12(7-5-11)20-9-8-17-19-20/h4-9,13H,1-3H3,(H,18,21)/t13-/m0/s1. The maximum Gasteiger partial charge on any atom is 0.252 e. The lowest BCUT2D eigenvalue weighted by molar-refractivity contribution is 0.0922. The van der Waals surface area contributed by atoms with E-state index in [0.29, 0.717) is 5.56 Å². The van der Waals surface area contributed by atoms with Crippen molar-refractivity contribution in [2.45, 2.75) is 26.8 Å². The van der Waals surface area contributed by atoms with Gasteiger partial charge in [0.2, 0.25) is 0 Å². The van der Waals surface area contributed by atoms with E-state index < -0.39 is 6.04 Å². The molecule has 1 N–H and O–H groups in total. The topological polar surface area (TPSA) is 83.6 Å². The molecule has 21 heavy (non-hydrogen) atoms. The lowest BCUT2D eigenvalue weighted by Crippen LogP contribution is -2.42. The molecule has 108 valence electrons. The van der Waals surface area contributed by atoms with Gasteiger partial charge in [-0.1, -0.05) is 26.0 Å². The molecule has 2 aromatic rings. The Labute approximate surface area is 123 Å². The molecule has 6 heteroatoms. The lowest BCUT2D eigenvalue weighted by Gasteiger charge is -2.25. The van der Waals surface area contributed by atoms with Gasteiger partial charge in [0.05, 0.1) is 24.2 Å². The minimum Gasteiger partial charge on any atom is -0.336 e. The molecule has 0 radical (unpaired) electrons. The normalized spacial score (nSPS) is 12.5. The van der Waals surface area contributed by atoms with Gasteiger partial charge >= 0.3 is 0 Å². The van der Waals surface area contributed by atoms with Crippen LogP contribution in [0, 0.1) is 16.7 Å². The van der Waals surface area contributed by atoms with Gasteiger partial charge in [0.1, 0.15) is 6.04 Å². The van der Waals surface area contributed by atoms with E-state index in [2.05, 4.69) is 21.7 Å². The molecule has 2 rings (SSSR count). The van der Waals surface area contributed by atoms with Crippen LogP contribution >= 0.6 is 0 Å². The molecule has 0 aliphatic rings. The Morgan fingerprint density at radius 3 is 2.48 bits per heavy atom. The van der Waals surface area contributed by atoms with Crippen LogP contribution in [-0.2, 0) is 0 Å². The predicted molar refractivity (Wildman–Crippen MR) is 77.7 cm³/mol. The van der Waals surface area contributed by atoms with Crippen molar-refractivity contribution in [1.29, 1.82) is 5.26 Å². The summed E-state index contributed by atoms with van der Waals surface area (Å²) in [6, 6.07) is 8.54. The smallest absolute Gasteiger partial charge is 0.252 e. The molecule has 0 fully saturated rings. The number of hydrogen-bond acceptors (Lipinski definition) is 4. The summed E-state index contributed by atoms with van der Waals surface area (Å²) < 4.78 is 1.61. The molecule has 0 bridgehead atoms. The highest BCUT2D eigenvalue weighted by Crippen LogP contribution is 2.19. The van der Waals surface area contributed by atoms with Crippen LogP contribution in [0.25, 0.3) is 5.69 Å². The maximum atomic E-state index is 12.2. The second-order valence-electron chi connectivity index (χ2n) is 5.80. The molecule has 0 unspecified atom stereocenters. The SMILES string of the molecule is CC(C)(C)[C@H](C#N)NC(=O)c1ccc(-n2ccnn2)cc1. The minimum absolute atomic E-state index is 0.262. The van der Waals surface area contributed by atoms with E-state index in [1.807, 2.05) is 20.8 Å². The van der Waals surface area contributed by atoms with Crippen LogP contribution in [0.15, 0.2) is 36.7 Å². The fourth-order valence-electron chi connectivity index (χ4n) is 1.77. The highest BCUT2D eigenvalue weighted by Gasteiger charge is 2.26. The number of amides is 1. The van der Waals surface area contributed by atoms with Crippen LogP contribution < -0.4 is 5.32 Å². The molecule has 0 aliphatic carbocycles. The second kappa shape index (κ2) is 5.75. The molecular weight excluding hydrogens is 266 g/mol. The zero-order valence-electron chi connectivity index (χ0n) is 12.2. The predicted octanol–water partition coefficient (Wildman–Crippen LogP) is 1.94. The van der Waals surface area contributed by atoms with E-state index in [1.165, 1.54) is 0 Å². The summed E-state index contributed by atoms with van der Waals surface area (Å²) in [7, 11) is 0. The van der Waals surface area contributed by atoms with Crippen LogP contribution in [0.3, 0.4) is 0 Å². The van der Waals surface area contributed by atoms with Gasteiger partial charge in [-0.15, -0.1) is 5.10 Å². The van der Waals surface area contributed by atoms with E-state index in [4.69, 9.17) is 5.26 Å². The Morgan fingerprint density at radius 2 is 2.00 bits per heavy atom. The largest absolute Gasteiger partial charge is 0.336 e. The minimum atomic E-state index is -0.542. The molecule has 0 saturated carbocycles. The van der Waals surface area contributed by atoms with Crippen LogP contribution in [0.1, 0.15) is 31.1 Å². The summed E-state index contributed by atoms with van der Waals surface area (Å²) in [5.74, 6) is -0.262. The van der Waals surface area contributed by atoms with Gasteiger partial charge in [0.25, 0.3) is 5.91 Å². The van der Waals surface area contributed by atoms with E-state index in [9.17, 15) is 4.79 Å². The first-order valence-electron chi connectivity index (χ1n) is 6.59. The van der Waals surface area contributed by atoms with Gasteiger partial charge in [-0.25, -0.2) is 4.68 Å². The van der Waals surface area contributed by atoms with Crippen LogP contribution in [-0.4, -0.2) is 26.9 Å². The number of nitriles is 1. The molecular formula is C15H17N5O. The Hall–Kier alpha value is -2.68. The average Bonchev–Trinajstić information content (AvgIpc) is 2.97. The number of carbonyl (C=O) groups excluding carboxylic acids is 1. The van der Waals surface area contributed by atoms with Gasteiger partial charge in [0.15, 0.2) is 0 Å². The molecule has 6 nitrogen and oxygen atoms in total. The quantitative estimate of drug-likeness (QED) is 0.933. The molecule has 0 saturated heterocycles. The van der Waals surface area contributed by atoms with Crippen molar-refractivity contribution in [3.63, 3.8) is 0 Å². The first-order valence-corrected chi connectivity index (χ1v) is 6.59. The Bertz CT molecular complexity index is 647. The van der Waals surface area contributed by atoms with Gasteiger partial charge in [-0.3, -0.25) is 4.79 Å². The van der Waals surface area contributed by atoms with Crippen molar-refractivity contribution in [2.24, 2.45) is 5.41 Å². The van der Waals surface area contributed by atoms with Gasteiger partial charge < -0.3 is 5.32 Å². The molecule has 1 aromatic heterocycles. The van der Waals surface area contributed by atoms with Crippen molar-refractivity contribution in [3.8, 4) is 11.8 Å². The van der Waals surface area contributed by atoms with Gasteiger partial charge in [-0.2, -0.15) is 5.26 Å². The first-order chi connectivity index (χ1) is 9.91. The third-order valence-electron chi connectivity index (χ3n) is 3.09. The van der Waals surface area contributed by atoms with Crippen LogP contribution in [0.5, 0.6) is 0 Å². The molecule has 1 aromatic carbocycles. The third kappa shape index (κ3) is 3.45. The van der Waals surface area contributed by atoms with Crippen molar-refractivity contribution in [3.05, 3.63) is 42.2 Å². The van der Waals surface area contributed by atoms with Crippen molar-refractivity contribution < 1.29 is 4.79 Å². The van der Waals surface area contributed by atoms with E-state index in [0.717, 1.165) is 5.69 Å². The highest BCUT2D eigenvalue weighted by atomic mass is 16.1. The number of carbonyl (C=O) groups is 1. The Morgan fingerprint density at radius 1 is 1.33 bits per heavy atom. The number of hydrogen-bond donors (Lipinski definition) is 1. The monoisotopic (exact) mass is 283 g/mol. The summed E-state index contributed by atoms with van der Waals surface area (Å²) in [6.45, 7) is 5.74. The number of aromatic nitrogens is 3. The van der Waals surface area contributed by atoms with E-state index >= 15 is 0 Å². The molecule has 1 heterocycles. The maximum absolute atomic E-state index is 12.2. The Balaban J connectivity index is 2.12. The van der Waals surface area contributed by atoms with Crippen LogP contribution in [0.2, 0.25) is 0 Å². The summed E-state index contributed by atoms with van der Waals surface area (Å²) >= 11 is 0. The number of nitrogens with zero attached hydrogens (tertiary/aromatic N) is 4.